The fourth-order valence-electron chi connectivity index (χ4n) is 2.05. The van der Waals surface area contributed by atoms with Crippen LogP contribution in [0.1, 0.15) is 35.6 Å². The molecule has 0 atom stereocenters. The summed E-state index contributed by atoms with van der Waals surface area (Å²) in [6, 6.07) is 9.27. The lowest BCUT2D eigenvalue weighted by Gasteiger charge is -2.08. The predicted molar refractivity (Wildman–Crippen MR) is 79.6 cm³/mol. The summed E-state index contributed by atoms with van der Waals surface area (Å²) < 4.78 is 2.00. The van der Waals surface area contributed by atoms with Gasteiger partial charge in [-0.1, -0.05) is 6.92 Å². The number of nitrogens with one attached hydrogen (secondary N) is 1. The number of anilines is 1. The van der Waals surface area contributed by atoms with Gasteiger partial charge in [0.05, 0.1) is 17.9 Å². The van der Waals surface area contributed by atoms with E-state index < -0.39 is 5.91 Å². The third-order valence-corrected chi connectivity index (χ3v) is 3.22. The van der Waals surface area contributed by atoms with Crippen molar-refractivity contribution in [1.82, 2.24) is 9.78 Å². The first kappa shape index (κ1) is 14.1. The minimum absolute atomic E-state index is 0.409. The molecule has 2 rings (SSSR count). The Bertz CT molecular complexity index is 586. The molecule has 5 heteroatoms. The van der Waals surface area contributed by atoms with Crippen LogP contribution in [0.5, 0.6) is 0 Å². The monoisotopic (exact) mass is 272 g/mol. The Labute approximate surface area is 118 Å². The number of aryl methyl sites for hydroxylation is 2. The predicted octanol–water partition coefficient (Wildman–Crippen LogP) is 2.18. The van der Waals surface area contributed by atoms with Crippen molar-refractivity contribution in [3.05, 3.63) is 47.3 Å². The molecule has 0 aliphatic carbocycles. The first-order chi connectivity index (χ1) is 9.63. The molecule has 1 amide bonds. The zero-order valence-electron chi connectivity index (χ0n) is 11.9. The molecule has 3 N–H and O–H groups in total. The van der Waals surface area contributed by atoms with Crippen molar-refractivity contribution in [2.45, 2.75) is 33.4 Å². The van der Waals surface area contributed by atoms with Crippen LogP contribution < -0.4 is 11.1 Å². The summed E-state index contributed by atoms with van der Waals surface area (Å²) in [7, 11) is 0. The van der Waals surface area contributed by atoms with Gasteiger partial charge in [-0.2, -0.15) is 5.10 Å². The molecule has 2 aromatic rings. The van der Waals surface area contributed by atoms with Gasteiger partial charge < -0.3 is 11.1 Å². The van der Waals surface area contributed by atoms with Gasteiger partial charge in [-0.25, -0.2) is 0 Å². The number of aromatic nitrogens is 2. The van der Waals surface area contributed by atoms with Crippen molar-refractivity contribution in [3.63, 3.8) is 0 Å². The number of amides is 1. The third-order valence-electron chi connectivity index (χ3n) is 3.22. The molecule has 0 aliphatic heterocycles. The molecule has 0 radical (unpaired) electrons. The highest BCUT2D eigenvalue weighted by molar-refractivity contribution is 5.93. The molecule has 0 saturated heterocycles. The van der Waals surface area contributed by atoms with E-state index >= 15 is 0 Å². The molecule has 0 fully saturated rings. The summed E-state index contributed by atoms with van der Waals surface area (Å²) in [5, 5.41) is 7.84. The fraction of sp³-hybridized carbons (Fsp3) is 0.333. The van der Waals surface area contributed by atoms with Crippen LogP contribution in [0.25, 0.3) is 0 Å². The van der Waals surface area contributed by atoms with Gasteiger partial charge in [0, 0.05) is 17.8 Å². The van der Waals surface area contributed by atoms with E-state index in [4.69, 9.17) is 5.73 Å². The highest BCUT2D eigenvalue weighted by Crippen LogP contribution is 2.12. The summed E-state index contributed by atoms with van der Waals surface area (Å²) in [5.74, 6) is -0.409. The van der Waals surface area contributed by atoms with Crippen LogP contribution >= 0.6 is 0 Å². The van der Waals surface area contributed by atoms with Crippen molar-refractivity contribution in [1.29, 1.82) is 0 Å². The highest BCUT2D eigenvalue weighted by atomic mass is 16.1. The van der Waals surface area contributed by atoms with Gasteiger partial charge in [-0.15, -0.1) is 0 Å². The lowest BCUT2D eigenvalue weighted by molar-refractivity contribution is 0.100. The zero-order valence-corrected chi connectivity index (χ0v) is 11.9. The molecule has 20 heavy (non-hydrogen) atoms. The van der Waals surface area contributed by atoms with Gasteiger partial charge in [-0.05, 0) is 43.7 Å². The van der Waals surface area contributed by atoms with Crippen LogP contribution in [0.2, 0.25) is 0 Å². The standard InChI is InChI=1S/C15H20N4O/c1-3-12-9-14(19(4-2)18-12)10-17-13-7-5-11(6-8-13)15(16)20/h5-9,17H,3-4,10H2,1-2H3,(H2,16,20). The second kappa shape index (κ2) is 6.23. The van der Waals surface area contributed by atoms with E-state index in [0.717, 1.165) is 30.0 Å². The number of hydrogen-bond acceptors (Lipinski definition) is 3. The minimum atomic E-state index is -0.409. The Balaban J connectivity index is 2.04. The summed E-state index contributed by atoms with van der Waals surface area (Å²) in [6.07, 6.45) is 0.938. The van der Waals surface area contributed by atoms with Gasteiger partial charge in [-0.3, -0.25) is 9.48 Å². The third kappa shape index (κ3) is 3.17. The molecule has 106 valence electrons. The van der Waals surface area contributed by atoms with Gasteiger partial charge in [0.2, 0.25) is 5.91 Å². The largest absolute Gasteiger partial charge is 0.379 e. The Morgan fingerprint density at radius 2 is 2.00 bits per heavy atom. The van der Waals surface area contributed by atoms with E-state index in [2.05, 4.69) is 30.3 Å². The fourth-order valence-corrected chi connectivity index (χ4v) is 2.05. The second-order valence-corrected chi connectivity index (χ2v) is 4.59. The second-order valence-electron chi connectivity index (χ2n) is 4.59. The van der Waals surface area contributed by atoms with E-state index in [0.29, 0.717) is 12.1 Å². The van der Waals surface area contributed by atoms with Crippen LogP contribution in [0.15, 0.2) is 30.3 Å². The van der Waals surface area contributed by atoms with E-state index in [9.17, 15) is 4.79 Å². The van der Waals surface area contributed by atoms with E-state index in [-0.39, 0.29) is 0 Å². The quantitative estimate of drug-likeness (QED) is 0.846. The smallest absolute Gasteiger partial charge is 0.248 e. The van der Waals surface area contributed by atoms with Crippen molar-refractivity contribution in [2.75, 3.05) is 5.32 Å². The molecule has 0 spiro atoms. The van der Waals surface area contributed by atoms with Gasteiger partial charge in [0.25, 0.3) is 0 Å². The van der Waals surface area contributed by atoms with Crippen LogP contribution in [0.4, 0.5) is 5.69 Å². The summed E-state index contributed by atoms with van der Waals surface area (Å²) >= 11 is 0. The molecule has 5 nitrogen and oxygen atoms in total. The van der Waals surface area contributed by atoms with Crippen LogP contribution in [-0.4, -0.2) is 15.7 Å². The Hall–Kier alpha value is -2.30. The number of carbonyl (C=O) groups excluding carboxylic acids is 1. The molecular formula is C15H20N4O. The molecule has 1 heterocycles. The van der Waals surface area contributed by atoms with Gasteiger partial charge in [0.1, 0.15) is 0 Å². The number of nitrogens with zero attached hydrogens (tertiary/aromatic N) is 2. The molecule has 0 saturated carbocycles. The number of hydrogen-bond donors (Lipinski definition) is 2. The minimum Gasteiger partial charge on any atom is -0.379 e. The number of nitrogens with two attached hydrogens (primary N) is 1. The normalized spacial score (nSPS) is 10.5. The Kier molecular flexibility index (Phi) is 4.40. The maximum Gasteiger partial charge on any atom is 0.248 e. The summed E-state index contributed by atoms with van der Waals surface area (Å²) in [4.78, 5) is 11.0. The Morgan fingerprint density at radius 1 is 1.30 bits per heavy atom. The number of rotatable bonds is 6. The zero-order chi connectivity index (χ0) is 14.5. The van der Waals surface area contributed by atoms with E-state index in [1.807, 2.05) is 16.8 Å². The van der Waals surface area contributed by atoms with Crippen molar-refractivity contribution in [2.24, 2.45) is 5.73 Å². The topological polar surface area (TPSA) is 72.9 Å². The molecule has 1 aromatic heterocycles. The molecule has 0 bridgehead atoms. The maximum atomic E-state index is 11.0. The van der Waals surface area contributed by atoms with Crippen LogP contribution in [0.3, 0.4) is 0 Å². The number of primary amides is 1. The first-order valence-electron chi connectivity index (χ1n) is 6.83. The van der Waals surface area contributed by atoms with Crippen molar-refractivity contribution in [3.8, 4) is 0 Å². The van der Waals surface area contributed by atoms with Crippen molar-refractivity contribution >= 4 is 11.6 Å². The Morgan fingerprint density at radius 3 is 2.55 bits per heavy atom. The lowest BCUT2D eigenvalue weighted by Crippen LogP contribution is -2.11. The molecule has 0 unspecified atom stereocenters. The van der Waals surface area contributed by atoms with Gasteiger partial charge >= 0.3 is 0 Å². The van der Waals surface area contributed by atoms with Crippen LogP contribution in [-0.2, 0) is 19.5 Å². The maximum absolute atomic E-state index is 11.0. The lowest BCUT2D eigenvalue weighted by atomic mass is 10.2. The molecule has 0 aliphatic rings. The van der Waals surface area contributed by atoms with Crippen molar-refractivity contribution < 1.29 is 4.79 Å². The van der Waals surface area contributed by atoms with Crippen LogP contribution in [0, 0.1) is 0 Å². The average Bonchev–Trinajstić information content (AvgIpc) is 2.88. The number of benzene rings is 1. The molecular weight excluding hydrogens is 252 g/mol. The number of carbonyl (C=O) groups is 1. The first-order valence-corrected chi connectivity index (χ1v) is 6.83. The molecule has 1 aromatic carbocycles. The van der Waals surface area contributed by atoms with E-state index in [1.54, 1.807) is 12.1 Å². The van der Waals surface area contributed by atoms with Gasteiger partial charge in [0.15, 0.2) is 0 Å². The van der Waals surface area contributed by atoms with E-state index in [1.165, 1.54) is 0 Å². The highest BCUT2D eigenvalue weighted by Gasteiger charge is 2.05. The summed E-state index contributed by atoms with van der Waals surface area (Å²) in [6.45, 7) is 5.74. The SMILES string of the molecule is CCc1cc(CNc2ccc(C(N)=O)cc2)n(CC)n1. The summed E-state index contributed by atoms with van der Waals surface area (Å²) in [5.41, 5.74) is 8.95. The average molecular weight is 272 g/mol.